The molecule has 0 radical (unpaired) electrons. The van der Waals surface area contributed by atoms with Crippen LogP contribution >= 0.6 is 0 Å². The van der Waals surface area contributed by atoms with Gasteiger partial charge < -0.3 is 15.5 Å². The minimum atomic E-state index is -0.875. The maximum absolute atomic E-state index is 12.8. The van der Waals surface area contributed by atoms with Crippen LogP contribution in [0.5, 0.6) is 0 Å². The maximum Gasteiger partial charge on any atom is 0.397 e. The number of carbonyl (C=O) groups is 3. The van der Waals surface area contributed by atoms with E-state index in [0.717, 1.165) is 13.1 Å². The van der Waals surface area contributed by atoms with Crippen LogP contribution in [0.1, 0.15) is 36.0 Å². The van der Waals surface area contributed by atoms with Gasteiger partial charge in [-0.15, -0.1) is 4.65 Å². The number of hydrogen-bond donors (Lipinski definition) is 3. The van der Waals surface area contributed by atoms with Crippen LogP contribution in [-0.2, 0) is 14.4 Å². The predicted octanol–water partition coefficient (Wildman–Crippen LogP) is 1.21. The van der Waals surface area contributed by atoms with Gasteiger partial charge in [0.2, 0.25) is 0 Å². The fourth-order valence-corrected chi connectivity index (χ4v) is 3.55. The molecule has 0 spiro atoms. The SMILES string of the molecule is O=C(O)CCCN1CCNCC[N+](CCCC(=O)O)(OC(=O)c2ccccc2)CC1. The number of hydrogen-bond acceptors (Lipinski definition) is 6. The van der Waals surface area contributed by atoms with Crippen LogP contribution in [0.25, 0.3) is 0 Å². The molecule has 0 amide bonds. The van der Waals surface area contributed by atoms with E-state index in [4.69, 9.17) is 15.1 Å². The van der Waals surface area contributed by atoms with Gasteiger partial charge in [-0.2, -0.15) is 0 Å². The van der Waals surface area contributed by atoms with Crippen molar-refractivity contribution in [3.8, 4) is 0 Å². The molecule has 0 aliphatic carbocycles. The zero-order chi connectivity index (χ0) is 21.8. The number of hydroxylamine groups is 3. The summed E-state index contributed by atoms with van der Waals surface area (Å²) >= 11 is 0. The highest BCUT2D eigenvalue weighted by atomic mass is 16.7. The van der Waals surface area contributed by atoms with Crippen LogP contribution in [-0.4, -0.2) is 90.0 Å². The van der Waals surface area contributed by atoms with Crippen molar-refractivity contribution in [3.63, 3.8) is 0 Å². The summed E-state index contributed by atoms with van der Waals surface area (Å²) in [6, 6.07) is 8.77. The van der Waals surface area contributed by atoms with Crippen LogP contribution in [0.15, 0.2) is 30.3 Å². The Morgan fingerprint density at radius 1 is 0.967 bits per heavy atom. The summed E-state index contributed by atoms with van der Waals surface area (Å²) in [6.07, 6.45) is 1.08. The van der Waals surface area contributed by atoms with Crippen molar-refractivity contribution in [1.82, 2.24) is 10.2 Å². The summed E-state index contributed by atoms with van der Waals surface area (Å²) < 4.78 is 0.0451. The van der Waals surface area contributed by atoms with E-state index in [2.05, 4.69) is 10.2 Å². The average molecular weight is 423 g/mol. The van der Waals surface area contributed by atoms with E-state index in [1.807, 2.05) is 6.07 Å². The number of aliphatic carboxylic acids is 2. The highest BCUT2D eigenvalue weighted by Crippen LogP contribution is 2.16. The lowest BCUT2D eigenvalue weighted by Crippen LogP contribution is -2.55. The van der Waals surface area contributed by atoms with Gasteiger partial charge in [0.25, 0.3) is 0 Å². The summed E-state index contributed by atoms with van der Waals surface area (Å²) in [5.41, 5.74) is 0.458. The molecule has 166 valence electrons. The third-order valence-electron chi connectivity index (χ3n) is 5.23. The molecule has 3 N–H and O–H groups in total. The van der Waals surface area contributed by atoms with Crippen molar-refractivity contribution in [1.29, 1.82) is 0 Å². The van der Waals surface area contributed by atoms with Crippen LogP contribution in [0, 0.1) is 0 Å². The molecular formula is C21H32N3O6+. The van der Waals surface area contributed by atoms with Crippen LogP contribution in [0.3, 0.4) is 0 Å². The average Bonchev–Trinajstić information content (AvgIpc) is 2.80. The Kier molecular flexibility index (Phi) is 9.72. The molecule has 1 aromatic carbocycles. The first-order chi connectivity index (χ1) is 14.4. The molecule has 0 aromatic heterocycles. The largest absolute Gasteiger partial charge is 0.481 e. The third-order valence-corrected chi connectivity index (χ3v) is 5.23. The maximum atomic E-state index is 12.8. The van der Waals surface area contributed by atoms with Crippen molar-refractivity contribution < 1.29 is 34.1 Å². The zero-order valence-corrected chi connectivity index (χ0v) is 17.3. The van der Waals surface area contributed by atoms with Gasteiger partial charge in [0.05, 0.1) is 18.5 Å². The van der Waals surface area contributed by atoms with Gasteiger partial charge in [0.15, 0.2) is 0 Å². The summed E-state index contributed by atoms with van der Waals surface area (Å²) in [4.78, 5) is 42.7. The van der Waals surface area contributed by atoms with Crippen molar-refractivity contribution >= 4 is 17.9 Å². The van der Waals surface area contributed by atoms with Gasteiger partial charge in [-0.05, 0) is 25.1 Å². The fraction of sp³-hybridized carbons (Fsp3) is 0.571. The molecule has 30 heavy (non-hydrogen) atoms. The van der Waals surface area contributed by atoms with Crippen LogP contribution in [0.2, 0.25) is 0 Å². The highest BCUT2D eigenvalue weighted by molar-refractivity contribution is 5.88. The van der Waals surface area contributed by atoms with Gasteiger partial charge in [-0.3, -0.25) is 19.3 Å². The Hall–Kier alpha value is -2.49. The Labute approximate surface area is 176 Å². The number of nitrogens with zero attached hydrogens (tertiary/aromatic N) is 2. The normalized spacial score (nSPS) is 20.5. The van der Waals surface area contributed by atoms with Gasteiger partial charge in [0, 0.05) is 32.5 Å². The molecular weight excluding hydrogens is 390 g/mol. The molecule has 1 heterocycles. The molecule has 1 atom stereocenters. The van der Waals surface area contributed by atoms with E-state index < -0.39 is 17.9 Å². The van der Waals surface area contributed by atoms with E-state index >= 15 is 0 Å². The third kappa shape index (κ3) is 8.48. The topological polar surface area (TPSA) is 116 Å². The van der Waals surface area contributed by atoms with Gasteiger partial charge in [0.1, 0.15) is 19.6 Å². The summed E-state index contributed by atoms with van der Waals surface area (Å²) in [7, 11) is 0. The molecule has 0 bridgehead atoms. The smallest absolute Gasteiger partial charge is 0.397 e. The number of carboxylic acid groups (broad SMARTS) is 2. The molecule has 1 aromatic rings. The lowest BCUT2D eigenvalue weighted by Gasteiger charge is -2.35. The van der Waals surface area contributed by atoms with Gasteiger partial charge >= 0.3 is 17.9 Å². The number of carbonyl (C=O) groups excluding carboxylic acids is 1. The zero-order valence-electron chi connectivity index (χ0n) is 17.3. The second-order valence-electron chi connectivity index (χ2n) is 7.56. The molecule has 2 rings (SSSR count). The molecule has 1 fully saturated rings. The second-order valence-corrected chi connectivity index (χ2v) is 7.56. The highest BCUT2D eigenvalue weighted by Gasteiger charge is 2.34. The van der Waals surface area contributed by atoms with E-state index in [0.29, 0.717) is 57.7 Å². The first-order valence-electron chi connectivity index (χ1n) is 10.4. The number of quaternary nitrogens is 1. The second kappa shape index (κ2) is 12.3. The molecule has 1 aliphatic rings. The van der Waals surface area contributed by atoms with E-state index in [1.165, 1.54) is 0 Å². The monoisotopic (exact) mass is 422 g/mol. The number of nitrogens with one attached hydrogen (secondary N) is 1. The molecule has 1 saturated heterocycles. The Morgan fingerprint density at radius 3 is 2.37 bits per heavy atom. The predicted molar refractivity (Wildman–Crippen MR) is 110 cm³/mol. The van der Waals surface area contributed by atoms with E-state index in [9.17, 15) is 14.4 Å². The first kappa shape index (κ1) is 23.8. The van der Waals surface area contributed by atoms with E-state index in [1.54, 1.807) is 24.3 Å². The lowest BCUT2D eigenvalue weighted by atomic mass is 10.2. The van der Waals surface area contributed by atoms with Crippen molar-refractivity contribution in [2.75, 3.05) is 52.4 Å². The summed E-state index contributed by atoms with van der Waals surface area (Å²) in [5, 5.41) is 21.3. The van der Waals surface area contributed by atoms with Crippen LogP contribution < -0.4 is 5.32 Å². The molecule has 9 nitrogen and oxygen atoms in total. The first-order valence-corrected chi connectivity index (χ1v) is 10.4. The molecule has 0 saturated carbocycles. The number of benzene rings is 1. The Balaban J connectivity index is 2.11. The lowest BCUT2D eigenvalue weighted by molar-refractivity contribution is -1.09. The summed E-state index contributed by atoms with van der Waals surface area (Å²) in [5.74, 6) is -2.11. The number of carboxylic acids is 2. The number of rotatable bonds is 10. The van der Waals surface area contributed by atoms with Crippen molar-refractivity contribution in [3.05, 3.63) is 35.9 Å². The van der Waals surface area contributed by atoms with Crippen molar-refractivity contribution in [2.45, 2.75) is 25.7 Å². The van der Waals surface area contributed by atoms with Gasteiger partial charge in [-0.1, -0.05) is 18.2 Å². The standard InChI is InChI=1S/C21H31N3O6/c25-19(26)8-4-12-23-13-10-22-11-16-24(17-14-23,15-5-9-20(27)28)30-21(29)18-6-2-1-3-7-18/h1-3,6-7,22H,4-5,8-17H2,(H-,25,26,27,28)/p+1. The minimum Gasteiger partial charge on any atom is -0.481 e. The molecule has 9 heteroatoms. The van der Waals surface area contributed by atoms with Gasteiger partial charge in [-0.25, -0.2) is 4.79 Å². The fourth-order valence-electron chi connectivity index (χ4n) is 3.55. The van der Waals surface area contributed by atoms with Crippen LogP contribution in [0.4, 0.5) is 0 Å². The molecule has 1 aliphatic heterocycles. The van der Waals surface area contributed by atoms with E-state index in [-0.39, 0.29) is 17.5 Å². The Bertz CT molecular complexity index is 699. The summed E-state index contributed by atoms with van der Waals surface area (Å²) in [6.45, 7) is 4.93. The molecule has 1 unspecified atom stereocenters. The minimum absolute atomic E-state index is 0.0125. The quantitative estimate of drug-likeness (QED) is 0.482. The Morgan fingerprint density at radius 2 is 1.67 bits per heavy atom. The van der Waals surface area contributed by atoms with Crippen molar-refractivity contribution in [2.24, 2.45) is 0 Å².